The fourth-order valence-corrected chi connectivity index (χ4v) is 2.03. The third-order valence-corrected chi connectivity index (χ3v) is 3.61. The number of anilines is 2. The third kappa shape index (κ3) is 3.10. The van der Waals surface area contributed by atoms with Crippen molar-refractivity contribution in [3.05, 3.63) is 4.88 Å². The van der Waals surface area contributed by atoms with Crippen molar-refractivity contribution >= 4 is 34.1 Å². The molecule has 5 N–H and O–H groups in total. The van der Waals surface area contributed by atoms with Crippen molar-refractivity contribution in [1.82, 2.24) is 10.3 Å². The first kappa shape index (κ1) is 14.2. The number of nitrogens with two attached hydrogens (primary N) is 2. The van der Waals surface area contributed by atoms with Gasteiger partial charge in [-0.05, 0) is 13.8 Å². The Bertz CT molecular complexity index is 459. The average Bonchev–Trinajstić information content (AvgIpc) is 2.70. The van der Waals surface area contributed by atoms with Crippen molar-refractivity contribution in [1.29, 1.82) is 0 Å². The summed E-state index contributed by atoms with van der Waals surface area (Å²) >= 11 is 1.18. The molecule has 7 nitrogen and oxygen atoms in total. The van der Waals surface area contributed by atoms with Crippen molar-refractivity contribution in [3.63, 3.8) is 0 Å². The van der Waals surface area contributed by atoms with Crippen LogP contribution in [0.25, 0.3) is 0 Å². The van der Waals surface area contributed by atoms with E-state index in [9.17, 15) is 9.59 Å². The Hall–Kier alpha value is -1.83. The molecule has 0 bridgehead atoms. The van der Waals surface area contributed by atoms with E-state index in [1.165, 1.54) is 18.3 Å². The number of rotatable bonds is 5. The molecule has 1 atom stereocenters. The number of hydrogen-bond donors (Lipinski definition) is 3. The Morgan fingerprint density at radius 3 is 2.67 bits per heavy atom. The minimum Gasteiger partial charge on any atom is -0.382 e. The number of hydrogen-bond acceptors (Lipinski definition) is 6. The van der Waals surface area contributed by atoms with Crippen molar-refractivity contribution in [2.75, 3.05) is 24.2 Å². The number of carbonyl (C=O) groups excluding carboxylic acids is 2. The highest BCUT2D eigenvalue weighted by atomic mass is 32.1. The van der Waals surface area contributed by atoms with Crippen molar-refractivity contribution in [2.45, 2.75) is 19.9 Å². The van der Waals surface area contributed by atoms with E-state index in [2.05, 4.69) is 10.3 Å². The van der Waals surface area contributed by atoms with Crippen LogP contribution in [0, 0.1) is 0 Å². The number of amides is 2. The Morgan fingerprint density at radius 1 is 1.56 bits per heavy atom. The number of nitrogens with zero attached hydrogens (tertiary/aromatic N) is 2. The summed E-state index contributed by atoms with van der Waals surface area (Å²) in [7, 11) is 1.85. The molecule has 18 heavy (non-hydrogen) atoms. The standard InChI is InChI=1S/C10H17N5O2S/c1-4-15(3)10-14-7(11)6(18-10)9(17)13-5(2)8(12)16/h5H,4,11H2,1-3H3,(H2,12,16)(H,13,17). The molecule has 0 radical (unpaired) electrons. The molecule has 2 amide bonds. The number of carbonyl (C=O) groups is 2. The maximum Gasteiger partial charge on any atom is 0.265 e. The summed E-state index contributed by atoms with van der Waals surface area (Å²) < 4.78 is 0. The summed E-state index contributed by atoms with van der Waals surface area (Å²) in [5, 5.41) is 3.12. The van der Waals surface area contributed by atoms with E-state index in [1.54, 1.807) is 0 Å². The van der Waals surface area contributed by atoms with Gasteiger partial charge in [0.15, 0.2) is 5.13 Å². The highest BCUT2D eigenvalue weighted by Gasteiger charge is 2.20. The molecule has 0 aliphatic heterocycles. The second-order valence-corrected chi connectivity index (χ2v) is 4.80. The van der Waals surface area contributed by atoms with E-state index in [0.717, 1.165) is 6.54 Å². The van der Waals surface area contributed by atoms with E-state index in [1.807, 2.05) is 18.9 Å². The predicted molar refractivity (Wildman–Crippen MR) is 71.6 cm³/mol. The Kier molecular flexibility index (Phi) is 4.49. The second-order valence-electron chi connectivity index (χ2n) is 3.82. The molecule has 0 fully saturated rings. The van der Waals surface area contributed by atoms with Gasteiger partial charge in [-0.3, -0.25) is 9.59 Å². The molecule has 0 spiro atoms. The maximum absolute atomic E-state index is 11.9. The summed E-state index contributed by atoms with van der Waals surface area (Å²) in [6.07, 6.45) is 0. The molecule has 1 rings (SSSR count). The van der Waals surface area contributed by atoms with Gasteiger partial charge < -0.3 is 21.7 Å². The Labute approximate surface area is 109 Å². The first-order chi connectivity index (χ1) is 8.36. The van der Waals surface area contributed by atoms with E-state index in [-0.39, 0.29) is 5.82 Å². The van der Waals surface area contributed by atoms with E-state index < -0.39 is 17.9 Å². The topological polar surface area (TPSA) is 114 Å². The van der Waals surface area contributed by atoms with Gasteiger partial charge in [-0.2, -0.15) is 0 Å². The van der Waals surface area contributed by atoms with Crippen LogP contribution in [0.2, 0.25) is 0 Å². The van der Waals surface area contributed by atoms with Crippen LogP contribution in [0.1, 0.15) is 23.5 Å². The highest BCUT2D eigenvalue weighted by molar-refractivity contribution is 7.18. The van der Waals surface area contributed by atoms with Crippen LogP contribution in [0.15, 0.2) is 0 Å². The number of aromatic nitrogens is 1. The molecule has 1 heterocycles. The van der Waals surface area contributed by atoms with Gasteiger partial charge in [0.25, 0.3) is 5.91 Å². The van der Waals surface area contributed by atoms with Crippen molar-refractivity contribution in [3.8, 4) is 0 Å². The normalized spacial score (nSPS) is 11.9. The summed E-state index contributed by atoms with van der Waals surface area (Å²) in [5.74, 6) is -0.881. The smallest absolute Gasteiger partial charge is 0.265 e. The molecular weight excluding hydrogens is 254 g/mol. The van der Waals surface area contributed by atoms with Gasteiger partial charge in [0.05, 0.1) is 0 Å². The van der Waals surface area contributed by atoms with Crippen LogP contribution in [0.4, 0.5) is 10.9 Å². The monoisotopic (exact) mass is 271 g/mol. The minimum absolute atomic E-state index is 0.157. The third-order valence-electron chi connectivity index (χ3n) is 2.42. The molecule has 100 valence electrons. The Balaban J connectivity index is 2.86. The zero-order chi connectivity index (χ0) is 13.9. The quantitative estimate of drug-likeness (QED) is 0.685. The van der Waals surface area contributed by atoms with Crippen LogP contribution >= 0.6 is 11.3 Å². The minimum atomic E-state index is -0.744. The number of nitrogens with one attached hydrogen (secondary N) is 1. The molecule has 0 saturated heterocycles. The molecule has 0 aliphatic carbocycles. The van der Waals surface area contributed by atoms with Gasteiger partial charge in [0, 0.05) is 13.6 Å². The largest absolute Gasteiger partial charge is 0.382 e. The van der Waals surface area contributed by atoms with Gasteiger partial charge in [0.1, 0.15) is 16.7 Å². The number of nitrogen functional groups attached to an aromatic ring is 1. The fraction of sp³-hybridized carbons (Fsp3) is 0.500. The average molecular weight is 271 g/mol. The second kappa shape index (κ2) is 5.67. The lowest BCUT2D eigenvalue weighted by atomic mass is 10.3. The molecule has 1 aromatic rings. The first-order valence-corrected chi connectivity index (χ1v) is 6.26. The van der Waals surface area contributed by atoms with Crippen molar-refractivity contribution < 1.29 is 9.59 Å². The Morgan fingerprint density at radius 2 is 2.17 bits per heavy atom. The lowest BCUT2D eigenvalue weighted by Gasteiger charge is -2.11. The van der Waals surface area contributed by atoms with Crippen LogP contribution in [0.5, 0.6) is 0 Å². The zero-order valence-corrected chi connectivity index (χ0v) is 11.4. The lowest BCUT2D eigenvalue weighted by molar-refractivity contribution is -0.119. The summed E-state index contributed by atoms with van der Waals surface area (Å²) in [5.41, 5.74) is 10.8. The van der Waals surface area contributed by atoms with Gasteiger partial charge in [-0.1, -0.05) is 11.3 Å². The van der Waals surface area contributed by atoms with Crippen LogP contribution < -0.4 is 21.7 Å². The summed E-state index contributed by atoms with van der Waals surface area (Å²) in [6.45, 7) is 4.23. The van der Waals surface area contributed by atoms with Crippen LogP contribution in [-0.4, -0.2) is 36.4 Å². The van der Waals surface area contributed by atoms with Crippen molar-refractivity contribution in [2.24, 2.45) is 5.73 Å². The molecular formula is C10H17N5O2S. The van der Waals surface area contributed by atoms with Crippen LogP contribution in [-0.2, 0) is 4.79 Å². The SMILES string of the molecule is CCN(C)c1nc(N)c(C(=O)NC(C)C(N)=O)s1. The van der Waals surface area contributed by atoms with Gasteiger partial charge in [-0.25, -0.2) is 4.98 Å². The number of thiazole rings is 1. The zero-order valence-electron chi connectivity index (χ0n) is 10.6. The van der Waals surface area contributed by atoms with Gasteiger partial charge in [-0.15, -0.1) is 0 Å². The molecule has 0 saturated carbocycles. The molecule has 1 unspecified atom stereocenters. The molecule has 0 aromatic carbocycles. The van der Waals surface area contributed by atoms with Gasteiger partial charge >= 0.3 is 0 Å². The fourth-order valence-electron chi connectivity index (χ4n) is 1.11. The first-order valence-electron chi connectivity index (χ1n) is 5.44. The molecule has 1 aromatic heterocycles. The molecule has 8 heteroatoms. The maximum atomic E-state index is 11.9. The van der Waals surface area contributed by atoms with Crippen LogP contribution in [0.3, 0.4) is 0 Å². The molecule has 0 aliphatic rings. The predicted octanol–water partition coefficient (Wildman–Crippen LogP) is -0.215. The lowest BCUT2D eigenvalue weighted by Crippen LogP contribution is -2.42. The van der Waals surface area contributed by atoms with E-state index in [4.69, 9.17) is 11.5 Å². The summed E-state index contributed by atoms with van der Waals surface area (Å²) in [4.78, 5) is 29.0. The van der Waals surface area contributed by atoms with E-state index in [0.29, 0.717) is 10.0 Å². The highest BCUT2D eigenvalue weighted by Crippen LogP contribution is 2.27. The summed E-state index contributed by atoms with van der Waals surface area (Å²) in [6, 6.07) is -0.744. The van der Waals surface area contributed by atoms with Gasteiger partial charge in [0.2, 0.25) is 5.91 Å². The van der Waals surface area contributed by atoms with E-state index >= 15 is 0 Å². The number of primary amides is 1.